The SMILES string of the molecule is CCC1CNCCC1c1csc(C)c1. The average molecular weight is 209 g/mol. The molecule has 2 atom stereocenters. The molecule has 0 amide bonds. The lowest BCUT2D eigenvalue weighted by molar-refractivity contribution is 0.318. The van der Waals surface area contributed by atoms with Crippen LogP contribution in [-0.4, -0.2) is 13.1 Å². The maximum absolute atomic E-state index is 3.50. The molecule has 0 radical (unpaired) electrons. The fraction of sp³-hybridized carbons (Fsp3) is 0.667. The summed E-state index contributed by atoms with van der Waals surface area (Å²) in [6.45, 7) is 6.91. The zero-order chi connectivity index (χ0) is 9.97. The highest BCUT2D eigenvalue weighted by Gasteiger charge is 2.25. The first-order chi connectivity index (χ1) is 6.81. The normalized spacial score (nSPS) is 27.9. The summed E-state index contributed by atoms with van der Waals surface area (Å²) in [7, 11) is 0. The van der Waals surface area contributed by atoms with Crippen molar-refractivity contribution in [2.75, 3.05) is 13.1 Å². The van der Waals surface area contributed by atoms with E-state index in [-0.39, 0.29) is 0 Å². The summed E-state index contributed by atoms with van der Waals surface area (Å²) in [5, 5.41) is 5.85. The summed E-state index contributed by atoms with van der Waals surface area (Å²) < 4.78 is 0. The third-order valence-electron chi connectivity index (χ3n) is 3.31. The Kier molecular flexibility index (Phi) is 3.24. The molecule has 2 heteroatoms. The Morgan fingerprint density at radius 1 is 1.57 bits per heavy atom. The topological polar surface area (TPSA) is 12.0 Å². The number of hydrogen-bond donors (Lipinski definition) is 1. The summed E-state index contributed by atoms with van der Waals surface area (Å²) >= 11 is 1.89. The molecule has 1 aromatic heterocycles. The van der Waals surface area contributed by atoms with Gasteiger partial charge >= 0.3 is 0 Å². The van der Waals surface area contributed by atoms with Gasteiger partial charge in [-0.15, -0.1) is 11.3 Å². The monoisotopic (exact) mass is 209 g/mol. The number of aryl methyl sites for hydroxylation is 1. The van der Waals surface area contributed by atoms with Crippen LogP contribution in [0.15, 0.2) is 11.4 Å². The molecule has 0 aromatic carbocycles. The largest absolute Gasteiger partial charge is 0.316 e. The van der Waals surface area contributed by atoms with Crippen LogP contribution in [0.4, 0.5) is 0 Å². The Balaban J connectivity index is 2.14. The van der Waals surface area contributed by atoms with Crippen LogP contribution in [0.25, 0.3) is 0 Å². The minimum absolute atomic E-state index is 0.811. The molecule has 1 aliphatic heterocycles. The van der Waals surface area contributed by atoms with Crippen LogP contribution < -0.4 is 5.32 Å². The number of hydrogen-bond acceptors (Lipinski definition) is 2. The van der Waals surface area contributed by atoms with E-state index in [1.165, 1.54) is 30.8 Å². The highest BCUT2D eigenvalue weighted by Crippen LogP contribution is 2.34. The molecule has 1 N–H and O–H groups in total. The van der Waals surface area contributed by atoms with E-state index in [4.69, 9.17) is 0 Å². The molecule has 1 aromatic rings. The van der Waals surface area contributed by atoms with Crippen molar-refractivity contribution in [3.05, 3.63) is 21.9 Å². The Labute approximate surface area is 90.5 Å². The standard InChI is InChI=1S/C12H19NS/c1-3-10-7-13-5-4-12(10)11-6-9(2)14-8-11/h6,8,10,12-13H,3-5,7H2,1-2H3. The van der Waals surface area contributed by atoms with E-state index < -0.39 is 0 Å². The fourth-order valence-electron chi connectivity index (χ4n) is 2.45. The predicted octanol–water partition coefficient (Wildman–Crippen LogP) is 3.16. The lowest BCUT2D eigenvalue weighted by Gasteiger charge is -2.31. The lowest BCUT2D eigenvalue weighted by atomic mass is 9.81. The fourth-order valence-corrected chi connectivity index (χ4v) is 3.22. The molecule has 1 aliphatic rings. The first-order valence-electron chi connectivity index (χ1n) is 5.57. The quantitative estimate of drug-likeness (QED) is 0.789. The first kappa shape index (κ1) is 10.2. The second-order valence-electron chi connectivity index (χ2n) is 4.26. The van der Waals surface area contributed by atoms with Gasteiger partial charge in [0.2, 0.25) is 0 Å². The molecule has 0 saturated carbocycles. The maximum atomic E-state index is 3.50. The molecular formula is C12H19NS. The van der Waals surface area contributed by atoms with Gasteiger partial charge in [0.05, 0.1) is 0 Å². The molecule has 0 aliphatic carbocycles. The Hall–Kier alpha value is -0.340. The summed E-state index contributed by atoms with van der Waals surface area (Å²) in [5.41, 5.74) is 1.58. The van der Waals surface area contributed by atoms with Crippen LogP contribution in [0.1, 0.15) is 36.1 Å². The van der Waals surface area contributed by atoms with Crippen LogP contribution in [0, 0.1) is 12.8 Å². The van der Waals surface area contributed by atoms with Gasteiger partial charge in [0.1, 0.15) is 0 Å². The summed E-state index contributed by atoms with van der Waals surface area (Å²) in [6.07, 6.45) is 2.61. The van der Waals surface area contributed by atoms with Crippen molar-refractivity contribution in [2.24, 2.45) is 5.92 Å². The van der Waals surface area contributed by atoms with Crippen molar-refractivity contribution in [3.8, 4) is 0 Å². The minimum Gasteiger partial charge on any atom is -0.316 e. The van der Waals surface area contributed by atoms with Gasteiger partial charge in [-0.05, 0) is 55.3 Å². The van der Waals surface area contributed by atoms with Gasteiger partial charge in [0, 0.05) is 4.88 Å². The van der Waals surface area contributed by atoms with Crippen LogP contribution in [0.2, 0.25) is 0 Å². The van der Waals surface area contributed by atoms with Gasteiger partial charge in [-0.2, -0.15) is 0 Å². The van der Waals surface area contributed by atoms with Gasteiger partial charge < -0.3 is 5.32 Å². The maximum Gasteiger partial charge on any atom is 0.00171 e. The van der Waals surface area contributed by atoms with Crippen LogP contribution >= 0.6 is 11.3 Å². The highest BCUT2D eigenvalue weighted by molar-refractivity contribution is 7.10. The Morgan fingerprint density at radius 2 is 2.43 bits per heavy atom. The van der Waals surface area contributed by atoms with E-state index in [1.807, 2.05) is 11.3 Å². The van der Waals surface area contributed by atoms with Crippen LogP contribution in [0.5, 0.6) is 0 Å². The van der Waals surface area contributed by atoms with E-state index in [2.05, 4.69) is 30.6 Å². The Bertz CT molecular complexity index is 292. The van der Waals surface area contributed by atoms with Gasteiger partial charge in [-0.25, -0.2) is 0 Å². The van der Waals surface area contributed by atoms with Gasteiger partial charge in [0.15, 0.2) is 0 Å². The van der Waals surface area contributed by atoms with E-state index in [0.29, 0.717) is 0 Å². The molecule has 1 nitrogen and oxygen atoms in total. The molecule has 0 spiro atoms. The molecule has 14 heavy (non-hydrogen) atoms. The third-order valence-corrected chi connectivity index (χ3v) is 4.19. The van der Waals surface area contributed by atoms with Crippen molar-refractivity contribution in [3.63, 3.8) is 0 Å². The average Bonchev–Trinajstić information content (AvgIpc) is 2.65. The molecule has 78 valence electrons. The zero-order valence-electron chi connectivity index (χ0n) is 9.05. The van der Waals surface area contributed by atoms with Gasteiger partial charge in [-0.1, -0.05) is 13.3 Å². The van der Waals surface area contributed by atoms with Gasteiger partial charge in [0.25, 0.3) is 0 Å². The number of piperidine rings is 1. The highest BCUT2D eigenvalue weighted by atomic mass is 32.1. The Morgan fingerprint density at radius 3 is 3.07 bits per heavy atom. The molecule has 1 fully saturated rings. The number of rotatable bonds is 2. The molecule has 0 bridgehead atoms. The molecular weight excluding hydrogens is 190 g/mol. The number of thiophene rings is 1. The molecule has 1 saturated heterocycles. The van der Waals surface area contributed by atoms with Crippen molar-refractivity contribution in [2.45, 2.75) is 32.6 Å². The second-order valence-corrected chi connectivity index (χ2v) is 5.37. The first-order valence-corrected chi connectivity index (χ1v) is 6.45. The van der Waals surface area contributed by atoms with E-state index >= 15 is 0 Å². The van der Waals surface area contributed by atoms with Crippen molar-refractivity contribution >= 4 is 11.3 Å². The second kappa shape index (κ2) is 4.45. The molecule has 2 heterocycles. The van der Waals surface area contributed by atoms with Crippen molar-refractivity contribution < 1.29 is 0 Å². The summed E-state index contributed by atoms with van der Waals surface area (Å²) in [4.78, 5) is 1.45. The minimum atomic E-state index is 0.811. The lowest BCUT2D eigenvalue weighted by Crippen LogP contribution is -2.34. The van der Waals surface area contributed by atoms with Crippen molar-refractivity contribution in [1.82, 2.24) is 5.32 Å². The van der Waals surface area contributed by atoms with E-state index in [9.17, 15) is 0 Å². The zero-order valence-corrected chi connectivity index (χ0v) is 9.86. The van der Waals surface area contributed by atoms with Crippen LogP contribution in [0.3, 0.4) is 0 Å². The predicted molar refractivity (Wildman–Crippen MR) is 63.1 cm³/mol. The summed E-state index contributed by atoms with van der Waals surface area (Å²) in [6, 6.07) is 2.38. The molecule has 2 unspecified atom stereocenters. The molecule has 2 rings (SSSR count). The van der Waals surface area contributed by atoms with E-state index in [0.717, 1.165) is 11.8 Å². The number of nitrogens with one attached hydrogen (secondary N) is 1. The summed E-state index contributed by atoms with van der Waals surface area (Å²) in [5.74, 6) is 1.66. The smallest absolute Gasteiger partial charge is 0.00171 e. The van der Waals surface area contributed by atoms with Gasteiger partial charge in [-0.3, -0.25) is 0 Å². The third kappa shape index (κ3) is 2.01. The van der Waals surface area contributed by atoms with Crippen molar-refractivity contribution in [1.29, 1.82) is 0 Å². The van der Waals surface area contributed by atoms with Crippen LogP contribution in [-0.2, 0) is 0 Å². The van der Waals surface area contributed by atoms with E-state index in [1.54, 1.807) is 5.56 Å².